The summed E-state index contributed by atoms with van der Waals surface area (Å²) in [6, 6.07) is 8.48. The Morgan fingerprint density at radius 3 is 2.62 bits per heavy atom. The molecule has 0 aliphatic carbocycles. The molecular weight excluding hydrogens is 418 g/mol. The van der Waals surface area contributed by atoms with Crippen LogP contribution in [0.5, 0.6) is 0 Å². The molecule has 2 aliphatic rings. The van der Waals surface area contributed by atoms with Crippen molar-refractivity contribution >= 4 is 23.5 Å². The van der Waals surface area contributed by atoms with Crippen molar-refractivity contribution in [2.45, 2.75) is 19.3 Å². The lowest BCUT2D eigenvalue weighted by Crippen LogP contribution is -2.49. The van der Waals surface area contributed by atoms with Gasteiger partial charge in [0.25, 0.3) is 0 Å². The van der Waals surface area contributed by atoms with Gasteiger partial charge in [-0.1, -0.05) is 18.2 Å². The van der Waals surface area contributed by atoms with E-state index in [9.17, 15) is 19.6 Å². The molecule has 1 spiro atoms. The van der Waals surface area contributed by atoms with Gasteiger partial charge in [-0.25, -0.2) is 4.79 Å². The van der Waals surface area contributed by atoms with E-state index in [1.807, 2.05) is 6.07 Å². The molecule has 1 atom stereocenters. The third-order valence-electron chi connectivity index (χ3n) is 5.21. The molecule has 0 fully saturated rings. The maximum Gasteiger partial charge on any atom is 0.339 e. The smallest absolute Gasteiger partial charge is 0.339 e. The minimum Gasteiger partial charge on any atom is -0.465 e. The van der Waals surface area contributed by atoms with Crippen LogP contribution in [0.4, 0.5) is 5.69 Å². The zero-order valence-corrected chi connectivity index (χ0v) is 18.0. The number of amides is 1. The highest BCUT2D eigenvalue weighted by molar-refractivity contribution is 6.19. The van der Waals surface area contributed by atoms with Gasteiger partial charge in [-0.05, 0) is 19.9 Å². The van der Waals surface area contributed by atoms with Crippen LogP contribution in [0.25, 0.3) is 0 Å². The van der Waals surface area contributed by atoms with E-state index in [1.54, 1.807) is 31.2 Å². The molecule has 0 saturated heterocycles. The standard InChI is InChI=1S/C22H23N3O7/c1-4-30-17(26)12-25-16-8-6-5-7-14(16)22(21(25)28)15(11-23)19(24)32-13(2)18(22)20(27)31-10-9-29-3/h5-8H,4,9-10,12,24H2,1-3H3. The molecule has 2 heterocycles. The molecule has 1 amide bonds. The molecule has 1 aromatic carbocycles. The summed E-state index contributed by atoms with van der Waals surface area (Å²) in [6.45, 7) is 2.89. The summed E-state index contributed by atoms with van der Waals surface area (Å²) in [5.41, 5.74) is 4.30. The first-order valence-corrected chi connectivity index (χ1v) is 9.87. The second kappa shape index (κ2) is 9.11. The van der Waals surface area contributed by atoms with E-state index in [0.717, 1.165) is 0 Å². The van der Waals surface area contributed by atoms with Crippen molar-refractivity contribution in [3.8, 4) is 6.07 Å². The van der Waals surface area contributed by atoms with Gasteiger partial charge in [-0.3, -0.25) is 14.5 Å². The molecule has 10 nitrogen and oxygen atoms in total. The summed E-state index contributed by atoms with van der Waals surface area (Å²) >= 11 is 0. The molecule has 2 aliphatic heterocycles. The van der Waals surface area contributed by atoms with Crippen LogP contribution in [-0.2, 0) is 38.7 Å². The van der Waals surface area contributed by atoms with Gasteiger partial charge in [-0.2, -0.15) is 5.26 Å². The SMILES string of the molecule is CCOC(=O)CN1C(=O)C2(C(C#N)=C(N)OC(C)=C2C(=O)OCCOC)c2ccccc21. The fourth-order valence-electron chi connectivity index (χ4n) is 4.00. The molecule has 0 saturated carbocycles. The topological polar surface area (TPSA) is 141 Å². The number of ether oxygens (including phenoxy) is 4. The number of carbonyl (C=O) groups is 3. The predicted octanol–water partition coefficient (Wildman–Crippen LogP) is 1.02. The minimum atomic E-state index is -1.92. The number of nitrogens with two attached hydrogens (primary N) is 1. The van der Waals surface area contributed by atoms with Gasteiger partial charge in [0.2, 0.25) is 11.8 Å². The largest absolute Gasteiger partial charge is 0.465 e. The van der Waals surface area contributed by atoms with Crippen molar-refractivity contribution in [1.29, 1.82) is 5.26 Å². The third-order valence-corrected chi connectivity index (χ3v) is 5.21. The van der Waals surface area contributed by atoms with Gasteiger partial charge in [0.15, 0.2) is 5.41 Å². The van der Waals surface area contributed by atoms with Gasteiger partial charge in [0.1, 0.15) is 36.1 Å². The Hall–Kier alpha value is -3.84. The number of para-hydroxylation sites is 1. The van der Waals surface area contributed by atoms with Crippen LogP contribution in [0.15, 0.2) is 47.1 Å². The Kier molecular flexibility index (Phi) is 6.50. The Morgan fingerprint density at radius 1 is 1.25 bits per heavy atom. The van der Waals surface area contributed by atoms with Crippen molar-refractivity contribution in [2.24, 2.45) is 5.73 Å². The summed E-state index contributed by atoms with van der Waals surface area (Å²) in [4.78, 5) is 40.5. The Morgan fingerprint density at radius 2 is 1.97 bits per heavy atom. The lowest BCUT2D eigenvalue weighted by Gasteiger charge is -2.34. The van der Waals surface area contributed by atoms with Crippen LogP contribution >= 0.6 is 0 Å². The number of allylic oxidation sites excluding steroid dienone is 1. The van der Waals surface area contributed by atoms with Crippen molar-refractivity contribution in [3.63, 3.8) is 0 Å². The monoisotopic (exact) mass is 441 g/mol. The lowest BCUT2D eigenvalue weighted by molar-refractivity contribution is -0.143. The first-order chi connectivity index (χ1) is 15.3. The number of benzene rings is 1. The van der Waals surface area contributed by atoms with Crippen LogP contribution < -0.4 is 10.6 Å². The van der Waals surface area contributed by atoms with Crippen LogP contribution in [0.1, 0.15) is 19.4 Å². The number of esters is 2. The van der Waals surface area contributed by atoms with E-state index in [1.165, 1.54) is 18.9 Å². The molecule has 32 heavy (non-hydrogen) atoms. The molecule has 168 valence electrons. The fraction of sp³-hybridized carbons (Fsp3) is 0.364. The van der Waals surface area contributed by atoms with Crippen LogP contribution in [-0.4, -0.2) is 51.3 Å². The highest BCUT2D eigenvalue weighted by atomic mass is 16.6. The van der Waals surface area contributed by atoms with Crippen molar-refractivity contribution in [2.75, 3.05) is 38.4 Å². The van der Waals surface area contributed by atoms with E-state index < -0.39 is 29.8 Å². The number of carbonyl (C=O) groups excluding carboxylic acids is 3. The first kappa shape index (κ1) is 22.8. The van der Waals surface area contributed by atoms with E-state index in [-0.39, 0.29) is 42.6 Å². The Balaban J connectivity index is 2.24. The Bertz CT molecular complexity index is 1070. The predicted molar refractivity (Wildman–Crippen MR) is 111 cm³/mol. The number of nitrogens with zero attached hydrogens (tertiary/aromatic N) is 2. The van der Waals surface area contributed by atoms with Gasteiger partial charge in [-0.15, -0.1) is 0 Å². The van der Waals surface area contributed by atoms with Crippen molar-refractivity contribution in [1.82, 2.24) is 0 Å². The van der Waals surface area contributed by atoms with E-state index in [4.69, 9.17) is 24.7 Å². The van der Waals surface area contributed by atoms with Crippen LogP contribution in [0, 0.1) is 11.3 Å². The molecule has 1 unspecified atom stereocenters. The quantitative estimate of drug-likeness (QED) is 0.485. The number of fused-ring (bicyclic) bond motifs is 2. The third kappa shape index (κ3) is 3.46. The van der Waals surface area contributed by atoms with Gasteiger partial charge in [0, 0.05) is 18.4 Å². The number of hydrogen-bond acceptors (Lipinski definition) is 9. The number of anilines is 1. The zero-order valence-electron chi connectivity index (χ0n) is 18.0. The maximum absolute atomic E-state index is 13.9. The number of rotatable bonds is 7. The summed E-state index contributed by atoms with van der Waals surface area (Å²) in [6.07, 6.45) is 0. The highest BCUT2D eigenvalue weighted by Gasteiger charge is 2.62. The average molecular weight is 441 g/mol. The molecule has 0 aromatic heterocycles. The molecule has 3 rings (SSSR count). The second-order valence-electron chi connectivity index (χ2n) is 6.98. The van der Waals surface area contributed by atoms with Gasteiger partial charge < -0.3 is 24.7 Å². The molecule has 1 aromatic rings. The van der Waals surface area contributed by atoms with Gasteiger partial charge in [0.05, 0.1) is 13.2 Å². The van der Waals surface area contributed by atoms with Gasteiger partial charge >= 0.3 is 11.9 Å². The van der Waals surface area contributed by atoms with Crippen molar-refractivity contribution in [3.05, 3.63) is 52.6 Å². The Labute approximate surface area is 184 Å². The van der Waals surface area contributed by atoms with Crippen LogP contribution in [0.2, 0.25) is 0 Å². The number of hydrogen-bond donors (Lipinski definition) is 1. The summed E-state index contributed by atoms with van der Waals surface area (Å²) in [7, 11) is 1.45. The summed E-state index contributed by atoms with van der Waals surface area (Å²) in [5, 5.41) is 9.96. The summed E-state index contributed by atoms with van der Waals surface area (Å²) in [5.74, 6) is -2.49. The average Bonchev–Trinajstić information content (AvgIpc) is 2.98. The molecule has 2 N–H and O–H groups in total. The summed E-state index contributed by atoms with van der Waals surface area (Å²) < 4.78 is 20.7. The highest BCUT2D eigenvalue weighted by Crippen LogP contribution is 2.54. The normalized spacial score (nSPS) is 19.6. The zero-order chi connectivity index (χ0) is 23.5. The number of methoxy groups -OCH3 is 1. The van der Waals surface area contributed by atoms with E-state index in [2.05, 4.69) is 0 Å². The maximum atomic E-state index is 13.9. The molecular formula is C22H23N3O7. The van der Waals surface area contributed by atoms with E-state index in [0.29, 0.717) is 11.3 Å². The molecule has 0 bridgehead atoms. The molecule has 0 radical (unpaired) electrons. The number of nitriles is 1. The minimum absolute atomic E-state index is 0.0186. The first-order valence-electron chi connectivity index (χ1n) is 9.87. The second-order valence-corrected chi connectivity index (χ2v) is 6.98. The van der Waals surface area contributed by atoms with Crippen LogP contribution in [0.3, 0.4) is 0 Å². The fourth-order valence-corrected chi connectivity index (χ4v) is 4.00. The lowest BCUT2D eigenvalue weighted by atomic mass is 9.68. The van der Waals surface area contributed by atoms with E-state index >= 15 is 0 Å². The van der Waals surface area contributed by atoms with Crippen molar-refractivity contribution < 1.29 is 33.3 Å². The molecule has 10 heteroatoms.